The Balaban J connectivity index is 2.30. The second-order valence-electron chi connectivity index (χ2n) is 4.97. The van der Waals surface area contributed by atoms with Crippen LogP contribution < -0.4 is 5.32 Å². The third-order valence-corrected chi connectivity index (χ3v) is 4.68. The molecule has 0 saturated carbocycles. The predicted octanol–water partition coefficient (Wildman–Crippen LogP) is 6.04. The number of benzene rings is 2. The van der Waals surface area contributed by atoms with Gasteiger partial charge in [-0.2, -0.15) is 0 Å². The molecule has 0 aromatic heterocycles. The van der Waals surface area contributed by atoms with Gasteiger partial charge >= 0.3 is 0 Å². The smallest absolute Gasteiger partial charge is 0.0438 e. The van der Waals surface area contributed by atoms with E-state index in [1.165, 1.54) is 0 Å². The second kappa shape index (κ2) is 8.19. The average molecular weight is 387 g/mol. The molecule has 112 valence electrons. The summed E-state index contributed by atoms with van der Waals surface area (Å²) in [5.41, 5.74) is 2.30. The predicted molar refractivity (Wildman–Crippen MR) is 95.3 cm³/mol. The highest BCUT2D eigenvalue weighted by atomic mass is 79.9. The molecule has 0 heterocycles. The van der Waals surface area contributed by atoms with E-state index < -0.39 is 0 Å². The van der Waals surface area contributed by atoms with E-state index in [1.54, 1.807) is 0 Å². The van der Waals surface area contributed by atoms with Crippen molar-refractivity contribution in [2.45, 2.75) is 25.8 Å². The molecule has 2 aromatic rings. The number of hydrogen-bond acceptors (Lipinski definition) is 1. The first-order valence-electron chi connectivity index (χ1n) is 7.03. The Hall–Kier alpha value is -0.540. The molecule has 1 N–H and O–H groups in total. The average Bonchev–Trinajstić information content (AvgIpc) is 2.48. The lowest BCUT2D eigenvalue weighted by molar-refractivity contribution is 0.527. The molecule has 0 aliphatic rings. The lowest BCUT2D eigenvalue weighted by atomic mass is 9.98. The van der Waals surface area contributed by atoms with E-state index in [0.29, 0.717) is 0 Å². The summed E-state index contributed by atoms with van der Waals surface area (Å²) < 4.78 is 1.06. The van der Waals surface area contributed by atoms with Crippen LogP contribution in [0.5, 0.6) is 0 Å². The summed E-state index contributed by atoms with van der Waals surface area (Å²) in [6.07, 6.45) is 1.91. The fourth-order valence-corrected chi connectivity index (χ4v) is 3.19. The van der Waals surface area contributed by atoms with Gasteiger partial charge in [-0.1, -0.05) is 64.3 Å². The van der Waals surface area contributed by atoms with Crippen molar-refractivity contribution in [1.29, 1.82) is 0 Å². The monoisotopic (exact) mass is 385 g/mol. The minimum Gasteiger partial charge on any atom is -0.310 e. The molecule has 0 radical (unpaired) electrons. The van der Waals surface area contributed by atoms with Gasteiger partial charge in [-0.15, -0.1) is 0 Å². The Bertz CT molecular complexity index is 601. The second-order valence-corrected chi connectivity index (χ2v) is 6.67. The van der Waals surface area contributed by atoms with Crippen molar-refractivity contribution >= 4 is 39.1 Å². The molecule has 0 spiro atoms. The summed E-state index contributed by atoms with van der Waals surface area (Å²) in [6, 6.07) is 14.0. The maximum atomic E-state index is 6.30. The molecule has 0 fully saturated rings. The van der Waals surface area contributed by atoms with E-state index in [4.69, 9.17) is 23.2 Å². The highest BCUT2D eigenvalue weighted by molar-refractivity contribution is 9.10. The van der Waals surface area contributed by atoms with Gasteiger partial charge in [0, 0.05) is 20.6 Å². The summed E-state index contributed by atoms with van der Waals surface area (Å²) in [5.74, 6) is 0. The number of rotatable bonds is 6. The van der Waals surface area contributed by atoms with Gasteiger partial charge in [-0.05, 0) is 54.8 Å². The number of hydrogen-bond donors (Lipinski definition) is 1. The first-order valence-corrected chi connectivity index (χ1v) is 8.58. The summed E-state index contributed by atoms with van der Waals surface area (Å²) >= 11 is 16.1. The van der Waals surface area contributed by atoms with Crippen LogP contribution in [0.4, 0.5) is 0 Å². The number of halogens is 3. The molecule has 2 aromatic carbocycles. The zero-order valence-corrected chi connectivity index (χ0v) is 15.0. The van der Waals surface area contributed by atoms with E-state index >= 15 is 0 Å². The lowest BCUT2D eigenvalue weighted by Crippen LogP contribution is -2.24. The van der Waals surface area contributed by atoms with E-state index in [-0.39, 0.29) is 6.04 Å². The maximum absolute atomic E-state index is 6.30. The molecule has 0 aliphatic carbocycles. The standard InChI is InChI=1S/C17H18BrCl2N/c1-2-9-21-17(10-12-5-3-4-6-16(12)20)14-11-13(19)7-8-15(14)18/h3-8,11,17,21H,2,9-10H2,1H3. The van der Waals surface area contributed by atoms with Crippen molar-refractivity contribution in [3.05, 3.63) is 68.1 Å². The number of nitrogens with one attached hydrogen (secondary N) is 1. The van der Waals surface area contributed by atoms with Gasteiger partial charge in [0.2, 0.25) is 0 Å². The topological polar surface area (TPSA) is 12.0 Å². The van der Waals surface area contributed by atoms with Crippen LogP contribution in [-0.4, -0.2) is 6.54 Å². The zero-order chi connectivity index (χ0) is 15.2. The minimum atomic E-state index is 0.179. The quantitative estimate of drug-likeness (QED) is 0.638. The van der Waals surface area contributed by atoms with Crippen LogP contribution in [0.25, 0.3) is 0 Å². The zero-order valence-electron chi connectivity index (χ0n) is 11.9. The molecule has 0 aliphatic heterocycles. The van der Waals surface area contributed by atoms with E-state index in [1.807, 2.05) is 36.4 Å². The first kappa shape index (κ1) is 16.8. The molecular weight excluding hydrogens is 369 g/mol. The van der Waals surface area contributed by atoms with E-state index in [9.17, 15) is 0 Å². The van der Waals surface area contributed by atoms with Gasteiger partial charge in [0.05, 0.1) is 0 Å². The SMILES string of the molecule is CCCNC(Cc1ccccc1Cl)c1cc(Cl)ccc1Br. The molecule has 0 amide bonds. The molecule has 4 heteroatoms. The van der Waals surface area contributed by atoms with Crippen molar-refractivity contribution in [2.75, 3.05) is 6.54 Å². The van der Waals surface area contributed by atoms with Crippen LogP contribution in [0.1, 0.15) is 30.5 Å². The van der Waals surface area contributed by atoms with Gasteiger partial charge in [0.25, 0.3) is 0 Å². The highest BCUT2D eigenvalue weighted by Crippen LogP contribution is 2.30. The van der Waals surface area contributed by atoms with Crippen molar-refractivity contribution in [3.63, 3.8) is 0 Å². The first-order chi connectivity index (χ1) is 10.1. The molecule has 0 bridgehead atoms. The molecule has 1 unspecified atom stereocenters. The third-order valence-electron chi connectivity index (χ3n) is 3.36. The Morgan fingerprint density at radius 1 is 1.14 bits per heavy atom. The molecule has 1 atom stereocenters. The van der Waals surface area contributed by atoms with Crippen molar-refractivity contribution in [1.82, 2.24) is 5.32 Å². The molecule has 1 nitrogen and oxygen atoms in total. The Kier molecular flexibility index (Phi) is 6.56. The van der Waals surface area contributed by atoms with E-state index in [2.05, 4.69) is 34.2 Å². The molecule has 0 saturated heterocycles. The minimum absolute atomic E-state index is 0.179. The summed E-state index contributed by atoms with van der Waals surface area (Å²) in [7, 11) is 0. The van der Waals surface area contributed by atoms with Crippen LogP contribution in [0.2, 0.25) is 10.0 Å². The molecular formula is C17H18BrCl2N. The van der Waals surface area contributed by atoms with Crippen molar-refractivity contribution in [3.8, 4) is 0 Å². The van der Waals surface area contributed by atoms with Crippen LogP contribution in [0.3, 0.4) is 0 Å². The van der Waals surface area contributed by atoms with Crippen molar-refractivity contribution in [2.24, 2.45) is 0 Å². The van der Waals surface area contributed by atoms with Crippen molar-refractivity contribution < 1.29 is 0 Å². The molecule has 2 rings (SSSR count). The summed E-state index contributed by atoms with van der Waals surface area (Å²) in [5, 5.41) is 5.13. The van der Waals surface area contributed by atoms with Gasteiger partial charge in [-0.3, -0.25) is 0 Å². The fraction of sp³-hybridized carbons (Fsp3) is 0.294. The summed E-state index contributed by atoms with van der Waals surface area (Å²) in [6.45, 7) is 3.11. The van der Waals surface area contributed by atoms with Gasteiger partial charge in [-0.25, -0.2) is 0 Å². The highest BCUT2D eigenvalue weighted by Gasteiger charge is 2.16. The van der Waals surface area contributed by atoms with Gasteiger partial charge < -0.3 is 5.32 Å². The molecule has 21 heavy (non-hydrogen) atoms. The summed E-state index contributed by atoms with van der Waals surface area (Å²) in [4.78, 5) is 0. The van der Waals surface area contributed by atoms with Gasteiger partial charge in [0.15, 0.2) is 0 Å². The van der Waals surface area contributed by atoms with E-state index in [0.717, 1.165) is 45.0 Å². The Morgan fingerprint density at radius 2 is 1.90 bits per heavy atom. The third kappa shape index (κ3) is 4.72. The van der Waals surface area contributed by atoms with Crippen LogP contribution in [0, 0.1) is 0 Å². The maximum Gasteiger partial charge on any atom is 0.0438 e. The Labute approximate surface area is 144 Å². The lowest BCUT2D eigenvalue weighted by Gasteiger charge is -2.21. The largest absolute Gasteiger partial charge is 0.310 e. The van der Waals surface area contributed by atoms with Gasteiger partial charge in [0.1, 0.15) is 0 Å². The van der Waals surface area contributed by atoms with Crippen LogP contribution in [0.15, 0.2) is 46.9 Å². The van der Waals surface area contributed by atoms with Crippen LogP contribution in [-0.2, 0) is 6.42 Å². The fourth-order valence-electron chi connectivity index (χ4n) is 2.28. The normalized spacial score (nSPS) is 12.4. The Morgan fingerprint density at radius 3 is 2.62 bits per heavy atom. The van der Waals surface area contributed by atoms with Crippen LogP contribution >= 0.6 is 39.1 Å².